The maximum atomic E-state index is 14.6. The summed E-state index contributed by atoms with van der Waals surface area (Å²) in [5.41, 5.74) is 1.21. The lowest BCUT2D eigenvalue weighted by Crippen LogP contribution is -2.37. The zero-order chi connectivity index (χ0) is 37.8. The fraction of sp³-hybridized carbons (Fsp3) is 0.267. The smallest absolute Gasteiger partial charge is 0.315 e. The summed E-state index contributed by atoms with van der Waals surface area (Å²) in [6.45, 7) is 1.22. The molecule has 0 unspecified atom stereocenters. The van der Waals surface area contributed by atoms with Gasteiger partial charge in [0.25, 0.3) is 5.91 Å². The minimum absolute atomic E-state index is 0.0240. The summed E-state index contributed by atoms with van der Waals surface area (Å²) in [5.74, 6) is 0.857. The number of hydrogen-bond acceptors (Lipinski definition) is 4. The number of nitrogens with one attached hydrogen (secondary N) is 3. The number of urea groups is 1. The summed E-state index contributed by atoms with van der Waals surface area (Å²) in [4.78, 5) is 41.4. The molecule has 0 saturated carbocycles. The lowest BCUT2D eigenvalue weighted by Gasteiger charge is -2.29. The van der Waals surface area contributed by atoms with Crippen LogP contribution in [0.3, 0.4) is 0 Å². The third-order valence-corrected chi connectivity index (χ3v) is 16.7. The second kappa shape index (κ2) is 19.4. The van der Waals surface area contributed by atoms with Gasteiger partial charge >= 0.3 is 6.03 Å². The Morgan fingerprint density at radius 2 is 1.20 bits per heavy atom. The first-order valence-corrected chi connectivity index (χ1v) is 23.3. The highest BCUT2D eigenvalue weighted by atomic mass is 32.2. The van der Waals surface area contributed by atoms with Crippen LogP contribution < -0.4 is 37.2 Å². The van der Waals surface area contributed by atoms with Crippen molar-refractivity contribution < 1.29 is 14.4 Å². The van der Waals surface area contributed by atoms with E-state index in [1.807, 2.05) is 40.9 Å². The van der Waals surface area contributed by atoms with Gasteiger partial charge in [-0.2, -0.15) is 11.8 Å². The largest absolute Gasteiger partial charge is 0.338 e. The molecule has 3 atom stereocenters. The molecule has 0 spiro atoms. The second-order valence-electron chi connectivity index (χ2n) is 13.9. The highest BCUT2D eigenvalue weighted by Gasteiger charge is 2.42. The van der Waals surface area contributed by atoms with E-state index in [0.717, 1.165) is 37.3 Å². The molecule has 282 valence electrons. The Kier molecular flexibility index (Phi) is 13.7. The zero-order valence-electron chi connectivity index (χ0n) is 30.9. The molecule has 2 aliphatic rings. The van der Waals surface area contributed by atoms with Crippen LogP contribution in [0.15, 0.2) is 146 Å². The third kappa shape index (κ3) is 10.4. The minimum atomic E-state index is -0.693. The molecular formula is C45H48N4O3P2S. The molecule has 0 bridgehead atoms. The van der Waals surface area contributed by atoms with Crippen molar-refractivity contribution in [3.8, 4) is 0 Å². The molecule has 5 aromatic rings. The summed E-state index contributed by atoms with van der Waals surface area (Å²) in [6.07, 6.45) is 4.74. The molecule has 2 saturated heterocycles. The second-order valence-corrected chi connectivity index (χ2v) is 19.9. The van der Waals surface area contributed by atoms with Crippen LogP contribution in [-0.4, -0.2) is 71.2 Å². The number of anilines is 1. The number of amides is 4. The minimum Gasteiger partial charge on any atom is -0.338 e. The molecule has 2 aliphatic heterocycles. The van der Waals surface area contributed by atoms with E-state index in [9.17, 15) is 14.4 Å². The van der Waals surface area contributed by atoms with Crippen LogP contribution in [0.1, 0.15) is 36.0 Å². The molecule has 0 radical (unpaired) electrons. The van der Waals surface area contributed by atoms with E-state index in [2.05, 4.69) is 137 Å². The van der Waals surface area contributed by atoms with Crippen LogP contribution >= 0.6 is 27.6 Å². The normalized spacial score (nSPS) is 17.4. The van der Waals surface area contributed by atoms with E-state index in [-0.39, 0.29) is 29.9 Å². The zero-order valence-corrected chi connectivity index (χ0v) is 33.5. The Labute approximate surface area is 331 Å². The molecule has 2 fully saturated rings. The lowest BCUT2D eigenvalue weighted by molar-refractivity contribution is -0.116. The van der Waals surface area contributed by atoms with Crippen LogP contribution in [0.5, 0.6) is 0 Å². The highest BCUT2D eigenvalue weighted by Crippen LogP contribution is 2.36. The average molecular weight is 787 g/mol. The van der Waals surface area contributed by atoms with E-state index in [4.69, 9.17) is 0 Å². The predicted octanol–water partition coefficient (Wildman–Crippen LogP) is 7.06. The average Bonchev–Trinajstić information content (AvgIpc) is 3.79. The number of carbonyl (C=O) groups excluding carboxylic acids is 3. The van der Waals surface area contributed by atoms with Gasteiger partial charge in [0, 0.05) is 41.8 Å². The number of nitrogens with zero attached hydrogens (tertiary/aromatic N) is 1. The molecule has 0 aromatic heterocycles. The van der Waals surface area contributed by atoms with Crippen molar-refractivity contribution >= 4 is 72.4 Å². The topological polar surface area (TPSA) is 90.5 Å². The van der Waals surface area contributed by atoms with Crippen molar-refractivity contribution in [2.24, 2.45) is 0 Å². The maximum Gasteiger partial charge on any atom is 0.315 e. The van der Waals surface area contributed by atoms with E-state index in [1.165, 1.54) is 21.2 Å². The molecule has 7 rings (SSSR count). The van der Waals surface area contributed by atoms with Crippen LogP contribution in [-0.2, 0) is 4.79 Å². The fourth-order valence-corrected chi connectivity index (χ4v) is 13.6. The summed E-state index contributed by atoms with van der Waals surface area (Å²) in [7, 11) is -1.39. The Morgan fingerprint density at radius 3 is 1.73 bits per heavy atom. The molecule has 0 aliphatic carbocycles. The van der Waals surface area contributed by atoms with Crippen LogP contribution in [0, 0.1) is 0 Å². The van der Waals surface area contributed by atoms with Crippen LogP contribution in [0.2, 0.25) is 0 Å². The molecule has 3 N–H and O–H groups in total. The Balaban J connectivity index is 1.04. The Morgan fingerprint density at radius 1 is 0.673 bits per heavy atom. The van der Waals surface area contributed by atoms with Crippen molar-refractivity contribution in [3.05, 3.63) is 151 Å². The highest BCUT2D eigenvalue weighted by molar-refractivity contribution is 8.00. The van der Waals surface area contributed by atoms with E-state index >= 15 is 0 Å². The summed E-state index contributed by atoms with van der Waals surface area (Å²) >= 11 is 1.90. The van der Waals surface area contributed by atoms with Gasteiger partial charge in [-0.1, -0.05) is 134 Å². The number of carbonyl (C=O) groups is 3. The first-order chi connectivity index (χ1) is 27.0. The van der Waals surface area contributed by atoms with Crippen molar-refractivity contribution in [1.82, 2.24) is 15.5 Å². The molecule has 55 heavy (non-hydrogen) atoms. The van der Waals surface area contributed by atoms with Crippen molar-refractivity contribution in [1.29, 1.82) is 0 Å². The van der Waals surface area contributed by atoms with E-state index < -0.39 is 15.8 Å². The molecule has 4 amide bonds. The number of benzene rings is 5. The van der Waals surface area contributed by atoms with E-state index in [1.54, 1.807) is 0 Å². The van der Waals surface area contributed by atoms with Gasteiger partial charge in [0.1, 0.15) is 0 Å². The molecule has 5 aromatic carbocycles. The number of unbranched alkanes of at least 4 members (excludes halogenated alkanes) is 1. The van der Waals surface area contributed by atoms with Gasteiger partial charge in [-0.25, -0.2) is 4.79 Å². The Hall–Kier alpha value is -4.48. The number of fused-ring (bicyclic) bond motifs is 1. The number of rotatable bonds is 17. The van der Waals surface area contributed by atoms with Gasteiger partial charge in [-0.05, 0) is 80.4 Å². The standard InChI is InChI=1S/C45H48N4O3P2S/c50-42(27-14-13-26-41-43-40(33-55-41)47-45(52)48-43)46-35-17-15-16-34(32-35)44(51)49(28-30-53(36-18-5-1-6-19-36)37-20-7-2-8-21-37)29-31-54(38-22-9-3-10-23-38)39-24-11-4-12-25-39/h1-12,15-25,32,40-41,43H,13-14,26-31,33H2,(H,46,50)(H2,47,48,52)/t40-,41-,43-/m0/s1. The lowest BCUT2D eigenvalue weighted by atomic mass is 10.0. The summed E-state index contributed by atoms with van der Waals surface area (Å²) in [5, 5.41) is 14.7. The van der Waals surface area contributed by atoms with Crippen molar-refractivity contribution in [2.75, 3.05) is 36.5 Å². The number of hydrogen-bond donors (Lipinski definition) is 3. The van der Waals surface area contributed by atoms with Gasteiger partial charge in [0.2, 0.25) is 5.91 Å². The molecule has 7 nitrogen and oxygen atoms in total. The monoisotopic (exact) mass is 786 g/mol. The van der Waals surface area contributed by atoms with Gasteiger partial charge in [-0.15, -0.1) is 0 Å². The summed E-state index contributed by atoms with van der Waals surface area (Å²) < 4.78 is 0. The van der Waals surface area contributed by atoms with Gasteiger partial charge in [0.15, 0.2) is 0 Å². The third-order valence-electron chi connectivity index (χ3n) is 10.2. The van der Waals surface area contributed by atoms with E-state index in [0.29, 0.717) is 36.0 Å². The quantitative estimate of drug-likeness (QED) is 0.0536. The first-order valence-electron chi connectivity index (χ1n) is 19.1. The van der Waals surface area contributed by atoms with Crippen LogP contribution in [0.25, 0.3) is 0 Å². The summed E-state index contributed by atoms with van der Waals surface area (Å²) in [6, 6.07) is 50.4. The van der Waals surface area contributed by atoms with Gasteiger partial charge in [-0.3, -0.25) is 9.59 Å². The molecule has 10 heteroatoms. The fourth-order valence-electron chi connectivity index (χ4n) is 7.41. The van der Waals surface area contributed by atoms with Crippen molar-refractivity contribution in [2.45, 2.75) is 43.0 Å². The number of thioether (sulfide) groups is 1. The van der Waals surface area contributed by atoms with Gasteiger partial charge < -0.3 is 20.9 Å². The molecule has 2 heterocycles. The van der Waals surface area contributed by atoms with Gasteiger partial charge in [0.05, 0.1) is 12.1 Å². The van der Waals surface area contributed by atoms with Crippen LogP contribution in [0.4, 0.5) is 10.5 Å². The first kappa shape index (κ1) is 38.8. The maximum absolute atomic E-state index is 14.6. The van der Waals surface area contributed by atoms with Crippen molar-refractivity contribution in [3.63, 3.8) is 0 Å². The SMILES string of the molecule is O=C(CCCC[C@@H]1SC[C@@H]2NC(=O)N[C@@H]21)Nc1cccc(C(=O)N(CCP(c2ccccc2)c2ccccc2)CCP(c2ccccc2)c2ccccc2)c1. The molecular weight excluding hydrogens is 739 g/mol. The Bertz CT molecular complexity index is 1840. The predicted molar refractivity (Wildman–Crippen MR) is 233 cm³/mol.